The molecule has 7 heteroatoms. The van der Waals surface area contributed by atoms with Crippen LogP contribution < -0.4 is 14.8 Å². The van der Waals surface area contributed by atoms with E-state index in [0.717, 1.165) is 0 Å². The lowest BCUT2D eigenvalue weighted by Gasteiger charge is -2.22. The molecule has 2 aromatic carbocycles. The van der Waals surface area contributed by atoms with Crippen molar-refractivity contribution in [2.75, 3.05) is 22.9 Å². The maximum atomic E-state index is 12.6. The van der Waals surface area contributed by atoms with Crippen molar-refractivity contribution >= 4 is 27.3 Å². The summed E-state index contributed by atoms with van der Waals surface area (Å²) in [5.74, 6) is 0.687. The van der Waals surface area contributed by atoms with Gasteiger partial charge in [-0.3, -0.25) is 9.52 Å². The Morgan fingerprint density at radius 2 is 1.76 bits per heavy atom. The van der Waals surface area contributed by atoms with Gasteiger partial charge in [0, 0.05) is 17.3 Å². The molecule has 29 heavy (non-hydrogen) atoms. The van der Waals surface area contributed by atoms with E-state index in [1.165, 1.54) is 44.8 Å². The van der Waals surface area contributed by atoms with Crippen LogP contribution in [0.25, 0.3) is 0 Å². The Morgan fingerprint density at radius 3 is 2.38 bits per heavy atom. The van der Waals surface area contributed by atoms with Crippen LogP contribution in [0.2, 0.25) is 0 Å². The Morgan fingerprint density at radius 1 is 1.07 bits per heavy atom. The van der Waals surface area contributed by atoms with E-state index < -0.39 is 10.0 Å². The number of benzene rings is 2. The maximum absolute atomic E-state index is 12.6. The minimum atomic E-state index is -3.41. The fourth-order valence-electron chi connectivity index (χ4n) is 3.64. The van der Waals surface area contributed by atoms with Gasteiger partial charge >= 0.3 is 0 Å². The lowest BCUT2D eigenvalue weighted by atomic mass is 9.84. The highest BCUT2D eigenvalue weighted by atomic mass is 32.2. The number of rotatable bonds is 7. The van der Waals surface area contributed by atoms with Crippen molar-refractivity contribution in [1.82, 2.24) is 0 Å². The van der Waals surface area contributed by atoms with Crippen LogP contribution in [0, 0.1) is 0 Å². The van der Waals surface area contributed by atoms with Gasteiger partial charge in [0.1, 0.15) is 5.75 Å². The van der Waals surface area contributed by atoms with E-state index in [1.807, 2.05) is 24.3 Å². The predicted molar refractivity (Wildman–Crippen MR) is 116 cm³/mol. The molecule has 0 heterocycles. The summed E-state index contributed by atoms with van der Waals surface area (Å²) in [4.78, 5) is 12.6. The Hall–Kier alpha value is -2.54. The first-order chi connectivity index (χ1) is 13.9. The highest BCUT2D eigenvalue weighted by Crippen LogP contribution is 2.33. The number of anilines is 2. The average Bonchev–Trinajstić information content (AvgIpc) is 2.75. The minimum absolute atomic E-state index is 0.0362. The molecule has 0 saturated heterocycles. The lowest BCUT2D eigenvalue weighted by molar-refractivity contribution is 0.102. The molecule has 6 nitrogen and oxygen atoms in total. The second-order valence-electron chi connectivity index (χ2n) is 7.33. The SMILES string of the molecule is CCS(=O)(=O)Nc1ccc(NC(=O)c2ccc(C3CCCCC3)cc2)cc1OC. The molecule has 1 amide bonds. The highest BCUT2D eigenvalue weighted by Gasteiger charge is 2.16. The summed E-state index contributed by atoms with van der Waals surface area (Å²) >= 11 is 0. The number of nitrogens with one attached hydrogen (secondary N) is 2. The summed E-state index contributed by atoms with van der Waals surface area (Å²) in [7, 11) is -1.96. The van der Waals surface area contributed by atoms with Gasteiger partial charge in [-0.05, 0) is 55.5 Å². The molecular formula is C22H28N2O4S. The van der Waals surface area contributed by atoms with Crippen molar-refractivity contribution < 1.29 is 17.9 Å². The molecule has 0 aliphatic heterocycles. The first-order valence-corrected chi connectivity index (χ1v) is 11.7. The van der Waals surface area contributed by atoms with E-state index in [-0.39, 0.29) is 11.7 Å². The van der Waals surface area contributed by atoms with Crippen molar-refractivity contribution in [3.8, 4) is 5.75 Å². The van der Waals surface area contributed by atoms with Crippen LogP contribution in [0.4, 0.5) is 11.4 Å². The van der Waals surface area contributed by atoms with Gasteiger partial charge < -0.3 is 10.1 Å². The molecule has 1 aliphatic carbocycles. The van der Waals surface area contributed by atoms with Crippen molar-refractivity contribution in [2.24, 2.45) is 0 Å². The number of ether oxygens (including phenoxy) is 1. The zero-order chi connectivity index (χ0) is 20.9. The molecule has 156 valence electrons. The second-order valence-corrected chi connectivity index (χ2v) is 9.34. The quantitative estimate of drug-likeness (QED) is 0.682. The Labute approximate surface area is 172 Å². The van der Waals surface area contributed by atoms with Gasteiger partial charge in [-0.1, -0.05) is 31.4 Å². The average molecular weight is 417 g/mol. The minimum Gasteiger partial charge on any atom is -0.494 e. The zero-order valence-electron chi connectivity index (χ0n) is 16.9. The van der Waals surface area contributed by atoms with Gasteiger partial charge in [0.2, 0.25) is 10.0 Å². The molecule has 0 aromatic heterocycles. The normalized spacial score (nSPS) is 15.0. The molecule has 0 bridgehead atoms. The fraction of sp³-hybridized carbons (Fsp3) is 0.409. The monoisotopic (exact) mass is 416 g/mol. The Bertz CT molecular complexity index is 949. The molecule has 1 fully saturated rings. The molecule has 0 radical (unpaired) electrons. The number of methoxy groups -OCH3 is 1. The maximum Gasteiger partial charge on any atom is 0.255 e. The number of sulfonamides is 1. The molecule has 2 aromatic rings. The van der Waals surface area contributed by atoms with E-state index in [4.69, 9.17) is 4.74 Å². The molecule has 2 N–H and O–H groups in total. The van der Waals surface area contributed by atoms with Crippen LogP contribution in [0.5, 0.6) is 5.75 Å². The van der Waals surface area contributed by atoms with Crippen LogP contribution in [-0.4, -0.2) is 27.2 Å². The van der Waals surface area contributed by atoms with E-state index in [1.54, 1.807) is 25.1 Å². The van der Waals surface area contributed by atoms with Gasteiger partial charge in [-0.25, -0.2) is 8.42 Å². The fourth-order valence-corrected chi connectivity index (χ4v) is 4.29. The molecule has 0 spiro atoms. The third kappa shape index (κ3) is 5.50. The Balaban J connectivity index is 1.69. The predicted octanol–water partition coefficient (Wildman–Crippen LogP) is 4.76. The van der Waals surface area contributed by atoms with Gasteiger partial charge in [-0.2, -0.15) is 0 Å². The topological polar surface area (TPSA) is 84.5 Å². The first kappa shape index (κ1) is 21.2. The molecule has 1 aliphatic rings. The summed E-state index contributed by atoms with van der Waals surface area (Å²) in [6.07, 6.45) is 6.32. The Kier molecular flexibility index (Phi) is 6.79. The molecule has 3 rings (SSSR count). The summed E-state index contributed by atoms with van der Waals surface area (Å²) in [5, 5.41) is 2.84. The number of carbonyl (C=O) groups excluding carboxylic acids is 1. The summed E-state index contributed by atoms with van der Waals surface area (Å²) < 4.78 is 31.3. The number of carbonyl (C=O) groups is 1. The zero-order valence-corrected chi connectivity index (χ0v) is 17.7. The van der Waals surface area contributed by atoms with E-state index >= 15 is 0 Å². The number of hydrogen-bond donors (Lipinski definition) is 2. The van der Waals surface area contributed by atoms with Crippen LogP contribution in [0.15, 0.2) is 42.5 Å². The third-order valence-corrected chi connectivity index (χ3v) is 6.65. The van der Waals surface area contributed by atoms with Crippen molar-refractivity contribution in [2.45, 2.75) is 44.9 Å². The second kappa shape index (κ2) is 9.31. The van der Waals surface area contributed by atoms with Crippen molar-refractivity contribution in [3.63, 3.8) is 0 Å². The van der Waals surface area contributed by atoms with Crippen LogP contribution in [-0.2, 0) is 10.0 Å². The van der Waals surface area contributed by atoms with Crippen LogP contribution >= 0.6 is 0 Å². The van der Waals surface area contributed by atoms with Gasteiger partial charge in [0.25, 0.3) is 5.91 Å². The summed E-state index contributed by atoms with van der Waals surface area (Å²) in [6, 6.07) is 12.6. The van der Waals surface area contributed by atoms with Gasteiger partial charge in [0.05, 0.1) is 18.6 Å². The highest BCUT2D eigenvalue weighted by molar-refractivity contribution is 7.92. The summed E-state index contributed by atoms with van der Waals surface area (Å²) in [5.41, 5.74) is 2.75. The number of hydrogen-bond acceptors (Lipinski definition) is 4. The molecule has 0 atom stereocenters. The largest absolute Gasteiger partial charge is 0.494 e. The molecule has 1 saturated carbocycles. The number of amides is 1. The third-order valence-electron chi connectivity index (χ3n) is 5.35. The van der Waals surface area contributed by atoms with E-state index in [0.29, 0.717) is 28.6 Å². The van der Waals surface area contributed by atoms with Crippen molar-refractivity contribution in [3.05, 3.63) is 53.6 Å². The standard InChI is InChI=1S/C22H28N2O4S/c1-3-29(26,27)24-20-14-13-19(15-21(20)28-2)23-22(25)18-11-9-17(10-12-18)16-7-5-4-6-8-16/h9-16,24H,3-8H2,1-2H3,(H,23,25). The van der Waals surface area contributed by atoms with Gasteiger partial charge in [-0.15, -0.1) is 0 Å². The van der Waals surface area contributed by atoms with E-state index in [9.17, 15) is 13.2 Å². The smallest absolute Gasteiger partial charge is 0.255 e. The first-order valence-electron chi connectivity index (χ1n) is 10.0. The van der Waals surface area contributed by atoms with Crippen molar-refractivity contribution in [1.29, 1.82) is 0 Å². The van der Waals surface area contributed by atoms with E-state index in [2.05, 4.69) is 10.0 Å². The molecule has 0 unspecified atom stereocenters. The summed E-state index contributed by atoms with van der Waals surface area (Å²) in [6.45, 7) is 1.56. The van der Waals surface area contributed by atoms with Crippen LogP contribution in [0.3, 0.4) is 0 Å². The molecular weight excluding hydrogens is 388 g/mol. The lowest BCUT2D eigenvalue weighted by Crippen LogP contribution is -2.16. The van der Waals surface area contributed by atoms with Gasteiger partial charge in [0.15, 0.2) is 0 Å². The van der Waals surface area contributed by atoms with Crippen LogP contribution in [0.1, 0.15) is 60.9 Å².